The van der Waals surface area contributed by atoms with Crippen LogP contribution in [0, 0.1) is 6.92 Å². The minimum absolute atomic E-state index is 0.217. The average molecular weight is 306 g/mol. The maximum Gasteiger partial charge on any atom is 0.374 e. The van der Waals surface area contributed by atoms with Gasteiger partial charge in [-0.15, -0.1) is 11.8 Å². The third-order valence-electron chi connectivity index (χ3n) is 2.82. The van der Waals surface area contributed by atoms with Gasteiger partial charge in [0.15, 0.2) is 0 Å². The van der Waals surface area contributed by atoms with E-state index in [9.17, 15) is 9.59 Å². The van der Waals surface area contributed by atoms with E-state index in [0.717, 1.165) is 10.5 Å². The number of hydrogen-bond donors (Lipinski definition) is 1. The Balaban J connectivity index is 2.03. The summed E-state index contributed by atoms with van der Waals surface area (Å²) in [7, 11) is 1.31. The average Bonchev–Trinajstić information content (AvgIpc) is 2.86. The normalized spacial score (nSPS) is 10.4. The fraction of sp³-hybridized carbons (Fsp3) is 0.200. The van der Waals surface area contributed by atoms with Gasteiger partial charge in [-0.25, -0.2) is 9.59 Å². The molecule has 0 unspecified atom stereocenters. The molecular weight excluding hydrogens is 292 g/mol. The number of esters is 1. The lowest BCUT2D eigenvalue weighted by molar-refractivity contribution is 0.0561. The molecular formula is C15H14O5S. The van der Waals surface area contributed by atoms with Crippen LogP contribution in [0.3, 0.4) is 0 Å². The van der Waals surface area contributed by atoms with Crippen LogP contribution in [0.15, 0.2) is 39.6 Å². The van der Waals surface area contributed by atoms with Crippen molar-refractivity contribution < 1.29 is 23.8 Å². The van der Waals surface area contributed by atoms with Crippen molar-refractivity contribution in [3.8, 4) is 0 Å². The summed E-state index contributed by atoms with van der Waals surface area (Å²) in [5, 5.41) is 8.83. The minimum atomic E-state index is -0.948. The summed E-state index contributed by atoms with van der Waals surface area (Å²) in [4.78, 5) is 23.1. The number of hydrogen-bond acceptors (Lipinski definition) is 5. The summed E-state index contributed by atoms with van der Waals surface area (Å²) in [6.45, 7) is 1.78. The van der Waals surface area contributed by atoms with Crippen molar-refractivity contribution in [3.05, 3.63) is 53.0 Å². The molecule has 0 aliphatic rings. The van der Waals surface area contributed by atoms with Crippen molar-refractivity contribution in [2.24, 2.45) is 0 Å². The van der Waals surface area contributed by atoms with Gasteiger partial charge < -0.3 is 14.3 Å². The Morgan fingerprint density at radius 1 is 1.29 bits per heavy atom. The maximum absolute atomic E-state index is 11.4. The first-order valence-corrected chi connectivity index (χ1v) is 7.13. The zero-order valence-electron chi connectivity index (χ0n) is 11.6. The molecule has 0 saturated carbocycles. The summed E-state index contributed by atoms with van der Waals surface area (Å²) in [5.41, 5.74) is 0.986. The number of rotatable bonds is 5. The van der Waals surface area contributed by atoms with Gasteiger partial charge in [0, 0.05) is 10.5 Å². The second kappa shape index (κ2) is 6.49. The number of aryl methyl sites for hydroxylation is 1. The van der Waals surface area contributed by atoms with E-state index in [1.54, 1.807) is 37.3 Å². The van der Waals surface area contributed by atoms with Gasteiger partial charge in [0.2, 0.25) is 5.76 Å². The van der Waals surface area contributed by atoms with Gasteiger partial charge in [-0.3, -0.25) is 0 Å². The van der Waals surface area contributed by atoms with Crippen molar-refractivity contribution in [1.82, 2.24) is 0 Å². The Kier molecular flexibility index (Phi) is 4.70. The summed E-state index contributed by atoms with van der Waals surface area (Å²) in [6.07, 6.45) is 0. The highest BCUT2D eigenvalue weighted by molar-refractivity contribution is 7.98. The first-order valence-electron chi connectivity index (χ1n) is 6.15. The number of furan rings is 1. The molecule has 5 nitrogen and oxygen atoms in total. The third kappa shape index (κ3) is 3.66. The molecule has 0 amide bonds. The molecule has 0 radical (unpaired) electrons. The molecule has 1 aromatic heterocycles. The minimum Gasteiger partial charge on any atom is -0.478 e. The second-order valence-corrected chi connectivity index (χ2v) is 5.38. The lowest BCUT2D eigenvalue weighted by atomic mass is 10.2. The van der Waals surface area contributed by atoms with Crippen LogP contribution < -0.4 is 0 Å². The van der Waals surface area contributed by atoms with Crippen molar-refractivity contribution in [1.29, 1.82) is 0 Å². The molecule has 0 bridgehead atoms. The molecule has 0 spiro atoms. The smallest absolute Gasteiger partial charge is 0.374 e. The molecule has 1 N–H and O–H groups in total. The van der Waals surface area contributed by atoms with Crippen molar-refractivity contribution in [3.63, 3.8) is 0 Å². The van der Waals surface area contributed by atoms with E-state index >= 15 is 0 Å². The number of carbonyl (C=O) groups excluding carboxylic acids is 1. The molecule has 2 aromatic rings. The van der Waals surface area contributed by atoms with E-state index < -0.39 is 11.9 Å². The topological polar surface area (TPSA) is 76.7 Å². The van der Waals surface area contributed by atoms with Crippen LogP contribution in [0.2, 0.25) is 0 Å². The van der Waals surface area contributed by atoms with Crippen molar-refractivity contribution in [2.75, 3.05) is 7.11 Å². The van der Waals surface area contributed by atoms with Gasteiger partial charge in [0.25, 0.3) is 0 Å². The van der Waals surface area contributed by atoms with Crippen LogP contribution in [0.25, 0.3) is 0 Å². The number of carbonyl (C=O) groups is 2. The quantitative estimate of drug-likeness (QED) is 0.674. The monoisotopic (exact) mass is 306 g/mol. The third-order valence-corrected chi connectivity index (χ3v) is 3.86. The Hall–Kier alpha value is -2.21. The van der Waals surface area contributed by atoms with E-state index in [2.05, 4.69) is 4.74 Å². The molecule has 2 rings (SSSR count). The largest absolute Gasteiger partial charge is 0.478 e. The van der Waals surface area contributed by atoms with Gasteiger partial charge in [-0.1, -0.05) is 0 Å². The van der Waals surface area contributed by atoms with Gasteiger partial charge >= 0.3 is 11.9 Å². The van der Waals surface area contributed by atoms with E-state index in [0.29, 0.717) is 11.5 Å². The molecule has 0 aliphatic heterocycles. The fourth-order valence-corrected chi connectivity index (χ4v) is 2.54. The van der Waals surface area contributed by atoms with E-state index in [1.165, 1.54) is 18.9 Å². The van der Waals surface area contributed by atoms with Crippen LogP contribution in [-0.4, -0.2) is 24.2 Å². The number of thioether (sulfide) groups is 1. The van der Waals surface area contributed by atoms with E-state index in [4.69, 9.17) is 9.52 Å². The lowest BCUT2D eigenvalue weighted by Crippen LogP contribution is -2.00. The summed E-state index contributed by atoms with van der Waals surface area (Å²) >= 11 is 1.50. The second-order valence-electron chi connectivity index (χ2n) is 4.33. The molecule has 21 heavy (non-hydrogen) atoms. The van der Waals surface area contributed by atoms with Crippen molar-refractivity contribution >= 4 is 23.7 Å². The molecule has 0 atom stereocenters. The standard InChI is InChI=1S/C15H14O5S/c1-9-7-11(20-13(9)15(18)19-2)8-21-12-5-3-10(4-6-12)14(16)17/h3-7H,8H2,1-2H3,(H,16,17). The highest BCUT2D eigenvalue weighted by Crippen LogP contribution is 2.26. The first-order chi connectivity index (χ1) is 10.0. The van der Waals surface area contributed by atoms with Crippen LogP contribution in [0.5, 0.6) is 0 Å². The Bertz CT molecular complexity index is 657. The molecule has 1 aromatic carbocycles. The van der Waals surface area contributed by atoms with Gasteiger partial charge in [0.1, 0.15) is 5.76 Å². The molecule has 110 valence electrons. The van der Waals surface area contributed by atoms with Gasteiger partial charge in [-0.2, -0.15) is 0 Å². The summed E-state index contributed by atoms with van der Waals surface area (Å²) < 4.78 is 10.1. The SMILES string of the molecule is COC(=O)c1oc(CSc2ccc(C(=O)O)cc2)cc1C. The number of carboxylic acid groups (broad SMARTS) is 1. The Morgan fingerprint density at radius 3 is 2.52 bits per heavy atom. The van der Waals surface area contributed by atoms with Crippen LogP contribution in [-0.2, 0) is 10.5 Å². The van der Waals surface area contributed by atoms with Crippen LogP contribution in [0.1, 0.15) is 32.2 Å². The summed E-state index contributed by atoms with van der Waals surface area (Å²) in [5.74, 6) is -0.00965. The Labute approximate surface area is 125 Å². The highest BCUT2D eigenvalue weighted by Gasteiger charge is 2.16. The maximum atomic E-state index is 11.4. The lowest BCUT2D eigenvalue weighted by Gasteiger charge is -2.00. The van der Waals surface area contributed by atoms with Gasteiger partial charge in [0.05, 0.1) is 18.4 Å². The number of benzene rings is 1. The van der Waals surface area contributed by atoms with E-state index in [-0.39, 0.29) is 11.3 Å². The molecule has 0 fully saturated rings. The number of carboxylic acids is 1. The van der Waals surface area contributed by atoms with Crippen molar-refractivity contribution in [2.45, 2.75) is 17.6 Å². The Morgan fingerprint density at radius 2 is 1.95 bits per heavy atom. The zero-order valence-corrected chi connectivity index (χ0v) is 12.4. The molecule has 1 heterocycles. The predicted octanol–water partition coefficient (Wildman–Crippen LogP) is 3.37. The number of ether oxygens (including phenoxy) is 1. The van der Waals surface area contributed by atoms with E-state index in [1.807, 2.05) is 0 Å². The molecule has 6 heteroatoms. The predicted molar refractivity (Wildman–Crippen MR) is 77.7 cm³/mol. The van der Waals surface area contributed by atoms with Crippen LogP contribution in [0.4, 0.5) is 0 Å². The fourth-order valence-electron chi connectivity index (χ4n) is 1.76. The van der Waals surface area contributed by atoms with Crippen LogP contribution >= 0.6 is 11.8 Å². The van der Waals surface area contributed by atoms with Gasteiger partial charge in [-0.05, 0) is 37.3 Å². The zero-order chi connectivity index (χ0) is 15.4. The summed E-state index contributed by atoms with van der Waals surface area (Å²) in [6, 6.07) is 8.39. The molecule has 0 aliphatic carbocycles. The number of methoxy groups -OCH3 is 1. The molecule has 0 saturated heterocycles. The highest BCUT2D eigenvalue weighted by atomic mass is 32.2. The number of aromatic carboxylic acids is 1. The first kappa shape index (κ1) is 15.2.